The van der Waals surface area contributed by atoms with E-state index < -0.39 is 34.9 Å². The molecule has 0 fully saturated rings. The number of nitrogens with zero attached hydrogens (tertiary/aromatic N) is 2. The van der Waals surface area contributed by atoms with Crippen LogP contribution in [0.5, 0.6) is 0 Å². The Morgan fingerprint density at radius 3 is 2.35 bits per heavy atom. The van der Waals surface area contributed by atoms with Gasteiger partial charge in [-0.15, -0.1) is 0 Å². The van der Waals surface area contributed by atoms with Crippen molar-refractivity contribution < 1.29 is 27.5 Å². The van der Waals surface area contributed by atoms with Crippen LogP contribution in [0.4, 0.5) is 18.9 Å². The molecule has 9 heteroatoms. The second-order valence-corrected chi connectivity index (χ2v) is 7.16. The summed E-state index contributed by atoms with van der Waals surface area (Å²) in [6.45, 7) is 1.81. The van der Waals surface area contributed by atoms with Crippen molar-refractivity contribution in [2.75, 3.05) is 11.9 Å². The lowest BCUT2D eigenvalue weighted by atomic mass is 10.1. The highest BCUT2D eigenvalue weighted by Gasteiger charge is 2.20. The largest absolute Gasteiger partial charge is 0.461 e. The molecule has 0 aliphatic rings. The van der Waals surface area contributed by atoms with Crippen LogP contribution >= 0.6 is 0 Å². The molecule has 1 amide bonds. The molecule has 1 aromatic heterocycles. The zero-order valence-corrected chi connectivity index (χ0v) is 17.9. The van der Waals surface area contributed by atoms with Gasteiger partial charge in [0, 0.05) is 11.3 Å². The highest BCUT2D eigenvalue weighted by atomic mass is 19.1. The fraction of sp³-hybridized carbons (Fsp3) is 0.0800. The van der Waals surface area contributed by atoms with Crippen molar-refractivity contribution in [2.45, 2.75) is 6.92 Å². The van der Waals surface area contributed by atoms with Gasteiger partial charge in [-0.05, 0) is 55.5 Å². The van der Waals surface area contributed by atoms with Gasteiger partial charge in [-0.3, -0.25) is 4.79 Å². The second kappa shape index (κ2) is 9.62. The average molecular weight is 465 g/mol. The third-order valence-electron chi connectivity index (χ3n) is 4.85. The van der Waals surface area contributed by atoms with Crippen LogP contribution in [0.2, 0.25) is 0 Å². The van der Waals surface area contributed by atoms with E-state index in [1.165, 1.54) is 35.0 Å². The molecule has 0 bridgehead atoms. The maximum absolute atomic E-state index is 14.0. The molecular weight excluding hydrogens is 447 g/mol. The fourth-order valence-corrected chi connectivity index (χ4v) is 3.36. The van der Waals surface area contributed by atoms with Crippen molar-refractivity contribution in [1.29, 1.82) is 0 Å². The molecule has 6 nitrogen and oxygen atoms in total. The van der Waals surface area contributed by atoms with Gasteiger partial charge in [-0.2, -0.15) is 5.10 Å². The van der Waals surface area contributed by atoms with Crippen molar-refractivity contribution in [3.8, 4) is 16.9 Å². The standard InChI is InChI=1S/C25H18F3N3O3/c1-2-34-25(33)21-14-22(31(30-21)18-9-4-7-16(26)13-18)15-6-3-8-17(12-15)29-24(32)23-19(27)10-5-11-20(23)28/h3-14H,2H2,1H3,(H,29,32). The Morgan fingerprint density at radius 1 is 0.941 bits per heavy atom. The molecule has 4 rings (SSSR count). The van der Waals surface area contributed by atoms with E-state index in [9.17, 15) is 22.8 Å². The Balaban J connectivity index is 1.74. The predicted molar refractivity (Wildman–Crippen MR) is 119 cm³/mol. The van der Waals surface area contributed by atoms with E-state index in [1.54, 1.807) is 31.2 Å². The van der Waals surface area contributed by atoms with Crippen molar-refractivity contribution >= 4 is 17.6 Å². The molecule has 0 atom stereocenters. The lowest BCUT2D eigenvalue weighted by molar-refractivity contribution is 0.0518. The van der Waals surface area contributed by atoms with Gasteiger partial charge in [0.05, 0.1) is 18.0 Å². The first kappa shape index (κ1) is 22.8. The summed E-state index contributed by atoms with van der Waals surface area (Å²) in [5.74, 6) is -4.09. The number of halogens is 3. The summed E-state index contributed by atoms with van der Waals surface area (Å²) in [7, 11) is 0. The van der Waals surface area contributed by atoms with Crippen LogP contribution in [0.3, 0.4) is 0 Å². The number of aromatic nitrogens is 2. The van der Waals surface area contributed by atoms with E-state index in [0.29, 0.717) is 16.9 Å². The summed E-state index contributed by atoms with van der Waals surface area (Å²) in [6, 6.07) is 16.6. The molecule has 1 heterocycles. The number of carbonyl (C=O) groups excluding carboxylic acids is 2. The lowest BCUT2D eigenvalue weighted by Gasteiger charge is -2.11. The SMILES string of the molecule is CCOC(=O)c1cc(-c2cccc(NC(=O)c3c(F)cccc3F)c2)n(-c2cccc(F)c2)n1. The molecule has 4 aromatic rings. The highest BCUT2D eigenvalue weighted by molar-refractivity contribution is 6.05. The summed E-state index contributed by atoms with van der Waals surface area (Å²) >= 11 is 0. The Hall–Kier alpha value is -4.40. The van der Waals surface area contributed by atoms with Gasteiger partial charge in [-0.1, -0.05) is 24.3 Å². The summed E-state index contributed by atoms with van der Waals surface area (Å²) in [4.78, 5) is 24.8. The molecule has 0 radical (unpaired) electrons. The van der Waals surface area contributed by atoms with Gasteiger partial charge in [0.25, 0.3) is 5.91 Å². The molecule has 0 aliphatic heterocycles. The molecule has 172 valence electrons. The van der Waals surface area contributed by atoms with Gasteiger partial charge >= 0.3 is 5.97 Å². The first-order valence-electron chi connectivity index (χ1n) is 10.3. The molecule has 34 heavy (non-hydrogen) atoms. The van der Waals surface area contributed by atoms with E-state index in [0.717, 1.165) is 18.2 Å². The fourth-order valence-electron chi connectivity index (χ4n) is 3.36. The van der Waals surface area contributed by atoms with Crippen molar-refractivity contribution in [3.63, 3.8) is 0 Å². The Morgan fingerprint density at radius 2 is 1.65 bits per heavy atom. The third-order valence-corrected chi connectivity index (χ3v) is 4.85. The number of benzene rings is 3. The average Bonchev–Trinajstić information content (AvgIpc) is 3.25. The van der Waals surface area contributed by atoms with Crippen LogP contribution in [0.25, 0.3) is 16.9 Å². The monoisotopic (exact) mass is 465 g/mol. The number of rotatable bonds is 6. The summed E-state index contributed by atoms with van der Waals surface area (Å²) in [5.41, 5.74) is 0.801. The van der Waals surface area contributed by atoms with E-state index in [2.05, 4.69) is 10.4 Å². The quantitative estimate of drug-likeness (QED) is 0.388. The number of hydrogen-bond acceptors (Lipinski definition) is 4. The minimum atomic E-state index is -0.989. The van der Waals surface area contributed by atoms with Crippen LogP contribution in [0, 0.1) is 17.5 Å². The van der Waals surface area contributed by atoms with Crippen LogP contribution in [-0.4, -0.2) is 28.3 Å². The number of carbonyl (C=O) groups is 2. The van der Waals surface area contributed by atoms with Crippen LogP contribution in [-0.2, 0) is 4.74 Å². The third kappa shape index (κ3) is 4.68. The van der Waals surface area contributed by atoms with Crippen molar-refractivity contribution in [3.05, 3.63) is 102 Å². The number of amides is 1. The Kier molecular flexibility index (Phi) is 6.44. The van der Waals surface area contributed by atoms with Crippen molar-refractivity contribution in [2.24, 2.45) is 0 Å². The zero-order chi connectivity index (χ0) is 24.2. The maximum atomic E-state index is 14.0. The summed E-state index contributed by atoms with van der Waals surface area (Å²) in [5, 5.41) is 6.73. The maximum Gasteiger partial charge on any atom is 0.358 e. The number of esters is 1. The topological polar surface area (TPSA) is 73.2 Å². The van der Waals surface area contributed by atoms with E-state index in [1.807, 2.05) is 0 Å². The Bertz CT molecular complexity index is 1360. The van der Waals surface area contributed by atoms with Crippen LogP contribution in [0.1, 0.15) is 27.8 Å². The second-order valence-electron chi connectivity index (χ2n) is 7.16. The molecular formula is C25H18F3N3O3. The predicted octanol–water partition coefficient (Wildman–Crippen LogP) is 5.39. The highest BCUT2D eigenvalue weighted by Crippen LogP contribution is 2.27. The molecule has 0 saturated carbocycles. The van der Waals surface area contributed by atoms with Crippen LogP contribution < -0.4 is 5.32 Å². The molecule has 3 aromatic carbocycles. The van der Waals surface area contributed by atoms with Gasteiger partial charge in [-0.25, -0.2) is 22.6 Å². The van der Waals surface area contributed by atoms with Crippen molar-refractivity contribution in [1.82, 2.24) is 9.78 Å². The van der Waals surface area contributed by atoms with Gasteiger partial charge in [0.15, 0.2) is 5.69 Å². The number of nitrogens with one attached hydrogen (secondary N) is 1. The molecule has 1 N–H and O–H groups in total. The first-order chi connectivity index (χ1) is 16.4. The zero-order valence-electron chi connectivity index (χ0n) is 17.9. The minimum absolute atomic E-state index is 0.00368. The smallest absolute Gasteiger partial charge is 0.358 e. The minimum Gasteiger partial charge on any atom is -0.461 e. The van der Waals surface area contributed by atoms with Gasteiger partial charge < -0.3 is 10.1 Å². The summed E-state index contributed by atoms with van der Waals surface area (Å²) < 4.78 is 48.2. The van der Waals surface area contributed by atoms with Gasteiger partial charge in [0.2, 0.25) is 0 Å². The lowest BCUT2D eigenvalue weighted by Crippen LogP contribution is -2.15. The van der Waals surface area contributed by atoms with Crippen LogP contribution in [0.15, 0.2) is 72.8 Å². The van der Waals surface area contributed by atoms with E-state index in [4.69, 9.17) is 4.74 Å². The molecule has 0 aliphatic carbocycles. The molecule has 0 saturated heterocycles. The molecule has 0 unspecified atom stereocenters. The first-order valence-corrected chi connectivity index (χ1v) is 10.3. The normalized spacial score (nSPS) is 10.7. The number of ether oxygens (including phenoxy) is 1. The van der Waals surface area contributed by atoms with E-state index >= 15 is 0 Å². The number of anilines is 1. The van der Waals surface area contributed by atoms with Gasteiger partial charge in [0.1, 0.15) is 23.0 Å². The summed E-state index contributed by atoms with van der Waals surface area (Å²) in [6.07, 6.45) is 0. The molecule has 0 spiro atoms. The number of hydrogen-bond donors (Lipinski definition) is 1. The Labute approximate surface area is 192 Å². The van der Waals surface area contributed by atoms with E-state index in [-0.39, 0.29) is 18.0 Å².